The number of hydrogen-bond acceptors (Lipinski definition) is 6. The molecule has 1 fully saturated rings. The number of benzene rings is 1. The molecule has 0 amide bonds. The Morgan fingerprint density at radius 1 is 1.24 bits per heavy atom. The summed E-state index contributed by atoms with van der Waals surface area (Å²) in [5, 5.41) is 22.0. The number of aliphatic hydroxyl groups excluding tert-OH is 2. The third-order valence-corrected chi connectivity index (χ3v) is 8.09. The van der Waals surface area contributed by atoms with E-state index in [1.54, 1.807) is 13.1 Å². The lowest BCUT2D eigenvalue weighted by Crippen LogP contribution is -2.19. The normalized spacial score (nSPS) is 23.5. The molecule has 0 saturated heterocycles. The molecular formula is C26H36ClNO4S. The Labute approximate surface area is 206 Å². The van der Waals surface area contributed by atoms with Crippen LogP contribution in [0.15, 0.2) is 30.5 Å². The van der Waals surface area contributed by atoms with Crippen molar-refractivity contribution in [1.82, 2.24) is 4.98 Å². The van der Waals surface area contributed by atoms with E-state index in [4.69, 9.17) is 16.3 Å². The fourth-order valence-electron chi connectivity index (χ4n) is 4.80. The van der Waals surface area contributed by atoms with E-state index in [1.165, 1.54) is 11.3 Å². The number of aryl methyl sites for hydroxylation is 1. The molecule has 1 saturated carbocycles. The summed E-state index contributed by atoms with van der Waals surface area (Å²) in [6.45, 7) is 4.30. The number of rotatable bonds is 12. The summed E-state index contributed by atoms with van der Waals surface area (Å²) >= 11 is 8.04. The molecule has 5 atom stereocenters. The number of thiazole rings is 1. The lowest BCUT2D eigenvalue weighted by Gasteiger charge is -2.24. The number of aliphatic hydroxyl groups is 2. The molecule has 2 aromatic rings. The van der Waals surface area contributed by atoms with E-state index in [0.717, 1.165) is 61.1 Å². The molecule has 1 aromatic carbocycles. The molecular weight excluding hydrogens is 458 g/mol. The number of carbonyl (C=O) groups excluding carboxylic acids is 1. The van der Waals surface area contributed by atoms with Gasteiger partial charge in [-0.15, -0.1) is 22.9 Å². The second-order valence-corrected chi connectivity index (χ2v) is 10.6. The minimum atomic E-state index is -0.465. The summed E-state index contributed by atoms with van der Waals surface area (Å²) in [6.07, 6.45) is 7.89. The van der Waals surface area contributed by atoms with Crippen LogP contribution in [0.25, 0.3) is 0 Å². The summed E-state index contributed by atoms with van der Waals surface area (Å²) in [5.74, 6) is -0.156. The first-order chi connectivity index (χ1) is 15.9. The van der Waals surface area contributed by atoms with Crippen molar-refractivity contribution in [1.29, 1.82) is 0 Å². The monoisotopic (exact) mass is 493 g/mol. The maximum Gasteiger partial charge on any atom is 0.349 e. The van der Waals surface area contributed by atoms with Crippen LogP contribution < -0.4 is 0 Å². The van der Waals surface area contributed by atoms with E-state index in [2.05, 4.69) is 11.9 Å². The molecule has 182 valence electrons. The van der Waals surface area contributed by atoms with E-state index >= 15 is 0 Å². The van der Waals surface area contributed by atoms with Gasteiger partial charge in [0, 0.05) is 11.3 Å². The lowest BCUT2D eigenvalue weighted by atomic mass is 9.84. The molecule has 7 heteroatoms. The molecule has 0 spiro atoms. The summed E-state index contributed by atoms with van der Waals surface area (Å²) in [5.41, 5.74) is 2.02. The minimum absolute atomic E-state index is 0.00910. The molecule has 1 heterocycles. The molecule has 5 nitrogen and oxygen atoms in total. The van der Waals surface area contributed by atoms with Crippen molar-refractivity contribution in [3.05, 3.63) is 51.5 Å². The molecule has 3 rings (SSSR count). The van der Waals surface area contributed by atoms with Crippen molar-refractivity contribution in [2.45, 2.75) is 88.7 Å². The zero-order valence-corrected chi connectivity index (χ0v) is 21.2. The number of aromatic nitrogens is 1. The highest BCUT2D eigenvalue weighted by Crippen LogP contribution is 2.45. The van der Waals surface area contributed by atoms with Crippen molar-refractivity contribution in [2.75, 3.05) is 6.61 Å². The van der Waals surface area contributed by atoms with Crippen LogP contribution in [0.3, 0.4) is 0 Å². The number of ether oxygens (including phenoxy) is 1. The van der Waals surface area contributed by atoms with Crippen LogP contribution in [0.1, 0.15) is 96.6 Å². The third-order valence-electron chi connectivity index (χ3n) is 6.55. The van der Waals surface area contributed by atoms with E-state index in [1.807, 2.05) is 24.3 Å². The first-order valence-corrected chi connectivity index (χ1v) is 13.4. The molecule has 2 N–H and O–H groups in total. The van der Waals surface area contributed by atoms with Gasteiger partial charge >= 0.3 is 5.97 Å². The van der Waals surface area contributed by atoms with Crippen LogP contribution in [0.4, 0.5) is 0 Å². The fourth-order valence-corrected chi connectivity index (χ4v) is 6.12. The number of alkyl halides is 1. The number of carbonyl (C=O) groups is 1. The molecule has 1 aliphatic carbocycles. The van der Waals surface area contributed by atoms with Gasteiger partial charge < -0.3 is 14.9 Å². The second-order valence-electron chi connectivity index (χ2n) is 8.92. The Balaban J connectivity index is 1.58. The van der Waals surface area contributed by atoms with Crippen molar-refractivity contribution >= 4 is 28.9 Å². The number of halogens is 1. The minimum Gasteiger partial charge on any atom is -0.462 e. The standard InChI is InChI=1S/C26H36ClNO4S/c1-3-5-6-9-21(29)17-11-13-18(14-12-17)25-19(20(27)15-22(25)30)8-7-10-24-28-16-23(33-24)26(31)32-4-2/h11-14,16,19-22,25,29-30H,3-10,15H2,1-2H3/t19-,20+,21?,22+,25+/m0/s1. The highest BCUT2D eigenvalue weighted by molar-refractivity contribution is 7.13. The van der Waals surface area contributed by atoms with Gasteiger partial charge in [-0.3, -0.25) is 0 Å². The first kappa shape index (κ1) is 26.1. The quantitative estimate of drug-likeness (QED) is 0.214. The number of esters is 1. The Morgan fingerprint density at radius 3 is 2.70 bits per heavy atom. The van der Waals surface area contributed by atoms with Crippen LogP contribution in [-0.2, 0) is 11.2 Å². The number of nitrogens with zero attached hydrogens (tertiary/aromatic N) is 1. The SMILES string of the molecule is CCCCCC(O)c1ccc([C@@H]2[C@@H](CCCc3ncc(C(=O)OCC)s3)[C@H](Cl)C[C@H]2O)cc1. The number of unbranched alkanes of at least 4 members (excludes halogenated alkanes) is 2. The van der Waals surface area contributed by atoms with Crippen molar-refractivity contribution < 1.29 is 19.7 Å². The average Bonchev–Trinajstić information content (AvgIpc) is 3.38. The molecule has 0 bridgehead atoms. The highest BCUT2D eigenvalue weighted by atomic mass is 35.5. The predicted molar refractivity (Wildman–Crippen MR) is 133 cm³/mol. The van der Waals surface area contributed by atoms with Gasteiger partial charge in [-0.25, -0.2) is 9.78 Å². The summed E-state index contributed by atoms with van der Waals surface area (Å²) in [4.78, 5) is 16.7. The van der Waals surface area contributed by atoms with Gasteiger partial charge in [-0.2, -0.15) is 0 Å². The van der Waals surface area contributed by atoms with Crippen LogP contribution in [0.2, 0.25) is 0 Å². The largest absolute Gasteiger partial charge is 0.462 e. The highest BCUT2D eigenvalue weighted by Gasteiger charge is 2.42. The molecule has 1 aromatic heterocycles. The van der Waals surface area contributed by atoms with E-state index < -0.39 is 12.2 Å². The van der Waals surface area contributed by atoms with Crippen molar-refractivity contribution in [2.24, 2.45) is 5.92 Å². The van der Waals surface area contributed by atoms with Gasteiger partial charge in [-0.05, 0) is 56.1 Å². The second kappa shape index (κ2) is 12.8. The third kappa shape index (κ3) is 7.01. The maximum absolute atomic E-state index is 11.8. The molecule has 33 heavy (non-hydrogen) atoms. The van der Waals surface area contributed by atoms with E-state index in [9.17, 15) is 15.0 Å². The molecule has 0 radical (unpaired) electrons. The summed E-state index contributed by atoms with van der Waals surface area (Å²) in [7, 11) is 0. The van der Waals surface area contributed by atoms with Gasteiger partial charge in [-0.1, -0.05) is 50.5 Å². The molecule has 1 aliphatic rings. The Morgan fingerprint density at radius 2 is 2.00 bits per heavy atom. The van der Waals surface area contributed by atoms with Crippen LogP contribution in [0.5, 0.6) is 0 Å². The maximum atomic E-state index is 11.8. The Bertz CT molecular complexity index is 871. The van der Waals surface area contributed by atoms with Crippen LogP contribution >= 0.6 is 22.9 Å². The lowest BCUT2D eigenvalue weighted by molar-refractivity contribution is 0.0531. The van der Waals surface area contributed by atoms with Gasteiger partial charge in [0.15, 0.2) is 0 Å². The van der Waals surface area contributed by atoms with Crippen LogP contribution in [-0.4, -0.2) is 39.3 Å². The van der Waals surface area contributed by atoms with Gasteiger partial charge in [0.1, 0.15) is 4.88 Å². The zero-order chi connectivity index (χ0) is 23.8. The van der Waals surface area contributed by atoms with E-state index in [0.29, 0.717) is 17.9 Å². The van der Waals surface area contributed by atoms with Gasteiger partial charge in [0.25, 0.3) is 0 Å². The van der Waals surface area contributed by atoms with Gasteiger partial charge in [0.05, 0.1) is 30.0 Å². The summed E-state index contributed by atoms with van der Waals surface area (Å²) in [6, 6.07) is 8.06. The molecule has 1 unspecified atom stereocenters. The van der Waals surface area contributed by atoms with E-state index in [-0.39, 0.29) is 23.2 Å². The number of hydrogen-bond donors (Lipinski definition) is 2. The van der Waals surface area contributed by atoms with Crippen molar-refractivity contribution in [3.63, 3.8) is 0 Å². The smallest absolute Gasteiger partial charge is 0.349 e. The topological polar surface area (TPSA) is 79.7 Å². The predicted octanol–water partition coefficient (Wildman–Crippen LogP) is 6.03. The Hall–Kier alpha value is -1.47. The zero-order valence-electron chi connectivity index (χ0n) is 19.6. The Kier molecular flexibility index (Phi) is 10.2. The fraction of sp³-hybridized carbons (Fsp3) is 0.615. The first-order valence-electron chi connectivity index (χ1n) is 12.2. The average molecular weight is 494 g/mol. The summed E-state index contributed by atoms with van der Waals surface area (Å²) < 4.78 is 5.03. The molecule has 0 aliphatic heterocycles. The van der Waals surface area contributed by atoms with Crippen molar-refractivity contribution in [3.8, 4) is 0 Å². The van der Waals surface area contributed by atoms with Gasteiger partial charge in [0.2, 0.25) is 0 Å². The van der Waals surface area contributed by atoms with Crippen LogP contribution in [0, 0.1) is 5.92 Å².